The third-order valence-corrected chi connectivity index (χ3v) is 20.6. The van der Waals surface area contributed by atoms with E-state index >= 15 is 0 Å². The molecule has 0 spiro atoms. The van der Waals surface area contributed by atoms with Crippen molar-refractivity contribution in [2.75, 3.05) is 39.6 Å². The van der Waals surface area contributed by atoms with Crippen LogP contribution in [-0.4, -0.2) is 96.7 Å². The fraction of sp³-hybridized carbons (Fsp3) is 0.950. The van der Waals surface area contributed by atoms with Crippen LogP contribution in [0.3, 0.4) is 0 Å². The van der Waals surface area contributed by atoms with Crippen molar-refractivity contribution in [2.45, 2.75) is 439 Å². The highest BCUT2D eigenvalue weighted by Crippen LogP contribution is 2.45. The molecule has 19 heteroatoms. The summed E-state index contributed by atoms with van der Waals surface area (Å²) in [6.07, 6.45) is 61.0. The third-order valence-electron chi connectivity index (χ3n) is 18.7. The first-order valence-corrected chi connectivity index (χ1v) is 44.5. The van der Waals surface area contributed by atoms with Crippen molar-refractivity contribution in [3.05, 3.63) is 0 Å². The van der Waals surface area contributed by atoms with Crippen molar-refractivity contribution in [3.63, 3.8) is 0 Å². The van der Waals surface area contributed by atoms with E-state index in [4.69, 9.17) is 37.0 Å². The summed E-state index contributed by atoms with van der Waals surface area (Å²) in [5.41, 5.74) is 0. The Morgan fingerprint density at radius 3 is 0.687 bits per heavy atom. The summed E-state index contributed by atoms with van der Waals surface area (Å²) in [7, 11) is -9.92. The lowest BCUT2D eigenvalue weighted by molar-refractivity contribution is -0.161. The first-order chi connectivity index (χ1) is 47.9. The van der Waals surface area contributed by atoms with Gasteiger partial charge in [0.25, 0.3) is 0 Å². The lowest BCUT2D eigenvalue weighted by Gasteiger charge is -2.21. The number of phosphoric ester groups is 2. The Bertz CT molecular complexity index is 1910. The van der Waals surface area contributed by atoms with Gasteiger partial charge in [-0.25, -0.2) is 9.13 Å². The molecule has 0 aromatic rings. The average molecular weight is 1450 g/mol. The summed E-state index contributed by atoms with van der Waals surface area (Å²) in [5.74, 6) is -0.613. The Labute approximate surface area is 607 Å². The summed E-state index contributed by atoms with van der Waals surface area (Å²) in [6.45, 7) is 9.60. The van der Waals surface area contributed by atoms with Gasteiger partial charge in [-0.2, -0.15) is 0 Å². The zero-order valence-electron chi connectivity index (χ0n) is 64.8. The molecule has 0 amide bonds. The van der Waals surface area contributed by atoms with Crippen molar-refractivity contribution in [3.8, 4) is 0 Å². The number of aliphatic hydroxyl groups is 1. The van der Waals surface area contributed by atoms with Gasteiger partial charge in [-0.1, -0.05) is 369 Å². The first-order valence-electron chi connectivity index (χ1n) is 41.5. The highest BCUT2D eigenvalue weighted by molar-refractivity contribution is 7.47. The van der Waals surface area contributed by atoms with Crippen molar-refractivity contribution in [2.24, 2.45) is 11.8 Å². The zero-order valence-corrected chi connectivity index (χ0v) is 66.6. The molecule has 0 radical (unpaired) electrons. The molecule has 0 saturated heterocycles. The minimum atomic E-state index is -4.96. The molecule has 2 unspecified atom stereocenters. The fourth-order valence-electron chi connectivity index (χ4n) is 12.4. The van der Waals surface area contributed by atoms with Gasteiger partial charge in [0.05, 0.1) is 26.4 Å². The number of hydrogen-bond acceptors (Lipinski definition) is 15. The quantitative estimate of drug-likeness (QED) is 0.0222. The minimum absolute atomic E-state index is 0.106. The molecule has 0 aromatic carbocycles. The van der Waals surface area contributed by atoms with E-state index in [2.05, 4.69) is 41.5 Å². The number of phosphoric acid groups is 2. The van der Waals surface area contributed by atoms with Crippen LogP contribution < -0.4 is 0 Å². The number of hydrogen-bond donors (Lipinski definition) is 3. The Morgan fingerprint density at radius 1 is 0.273 bits per heavy atom. The highest BCUT2D eigenvalue weighted by Gasteiger charge is 2.30. The minimum Gasteiger partial charge on any atom is -0.462 e. The van der Waals surface area contributed by atoms with Crippen LogP contribution in [0.5, 0.6) is 0 Å². The van der Waals surface area contributed by atoms with Crippen LogP contribution in [0, 0.1) is 11.8 Å². The lowest BCUT2D eigenvalue weighted by Crippen LogP contribution is -2.30. The predicted molar refractivity (Wildman–Crippen MR) is 405 cm³/mol. The summed E-state index contributed by atoms with van der Waals surface area (Å²) in [5, 5.41) is 10.6. The van der Waals surface area contributed by atoms with Crippen LogP contribution in [0.2, 0.25) is 0 Å². The topological polar surface area (TPSA) is 237 Å². The van der Waals surface area contributed by atoms with Gasteiger partial charge in [0.15, 0.2) is 12.2 Å². The lowest BCUT2D eigenvalue weighted by atomic mass is 10.0. The van der Waals surface area contributed by atoms with Crippen LogP contribution in [-0.2, 0) is 65.4 Å². The van der Waals surface area contributed by atoms with Crippen LogP contribution in [0.25, 0.3) is 0 Å². The molecular formula is C80H156O17P2. The largest absolute Gasteiger partial charge is 0.472 e. The van der Waals surface area contributed by atoms with Gasteiger partial charge in [0.2, 0.25) is 0 Å². The molecule has 0 fully saturated rings. The maximum Gasteiger partial charge on any atom is 0.472 e. The van der Waals surface area contributed by atoms with Crippen LogP contribution in [0.1, 0.15) is 420 Å². The van der Waals surface area contributed by atoms with Crippen LogP contribution >= 0.6 is 15.6 Å². The SMILES string of the molecule is CCCCCCCCCCCCCCCCCCCC(=O)OC[C@H](COP(=O)(O)OC[C@@H](O)COP(=O)(O)OC[C@@H](COC(=O)CCCCCCCCCCCC(C)C)OC(=O)CCCCCCCCCCCCC(C)C)OC(=O)CCCCCCCCCCCCCCCCCCC. The number of carbonyl (C=O) groups is 4. The summed E-state index contributed by atoms with van der Waals surface area (Å²) < 4.78 is 68.7. The van der Waals surface area contributed by atoms with E-state index < -0.39 is 97.5 Å². The maximum atomic E-state index is 13.1. The van der Waals surface area contributed by atoms with Gasteiger partial charge >= 0.3 is 39.5 Å². The second kappa shape index (κ2) is 71.7. The number of esters is 4. The third kappa shape index (κ3) is 74.1. The molecule has 0 heterocycles. The average Bonchev–Trinajstić information content (AvgIpc) is 1.01. The van der Waals surface area contributed by atoms with E-state index in [0.29, 0.717) is 25.7 Å². The molecule has 0 aliphatic rings. The van der Waals surface area contributed by atoms with Gasteiger partial charge in [-0.3, -0.25) is 37.3 Å². The van der Waals surface area contributed by atoms with E-state index in [1.165, 1.54) is 238 Å². The van der Waals surface area contributed by atoms with Crippen molar-refractivity contribution in [1.82, 2.24) is 0 Å². The van der Waals surface area contributed by atoms with Gasteiger partial charge in [-0.05, 0) is 37.5 Å². The van der Waals surface area contributed by atoms with Crippen molar-refractivity contribution in [1.29, 1.82) is 0 Å². The number of aliphatic hydroxyl groups excluding tert-OH is 1. The van der Waals surface area contributed by atoms with E-state index in [1.807, 2.05) is 0 Å². The molecule has 5 atom stereocenters. The monoisotopic (exact) mass is 1450 g/mol. The standard InChI is InChI=1S/C80H156O17P2/c1-7-9-11-13-15-17-19-21-23-25-27-29-31-38-44-50-56-62-77(82)90-68-75(96-79(84)64-58-52-46-39-32-30-28-26-24-22-20-18-16-14-12-10-8-2)70-94-98(86,87)92-66-74(81)67-93-99(88,89)95-71-76(69-91-78(83)63-57-51-45-41-35-37-43-49-55-61-73(5)6)97-80(85)65-59-53-47-40-34-33-36-42-48-54-60-72(3)4/h72-76,81H,7-71H2,1-6H3,(H,86,87)(H,88,89)/t74-,75-,76-/m1/s1. The van der Waals surface area contributed by atoms with Gasteiger partial charge in [-0.15, -0.1) is 0 Å². The molecule has 17 nitrogen and oxygen atoms in total. The normalized spacial score (nSPS) is 13.9. The smallest absolute Gasteiger partial charge is 0.462 e. The number of ether oxygens (including phenoxy) is 4. The summed E-state index contributed by atoms with van der Waals surface area (Å²) >= 11 is 0. The molecule has 3 N–H and O–H groups in total. The van der Waals surface area contributed by atoms with Gasteiger partial charge < -0.3 is 33.8 Å². The van der Waals surface area contributed by atoms with E-state index in [-0.39, 0.29) is 25.7 Å². The first kappa shape index (κ1) is 97.1. The molecule has 0 aliphatic carbocycles. The van der Waals surface area contributed by atoms with Crippen molar-refractivity contribution >= 4 is 39.5 Å². The van der Waals surface area contributed by atoms with Gasteiger partial charge in [0, 0.05) is 25.7 Å². The zero-order chi connectivity index (χ0) is 72.8. The second-order valence-electron chi connectivity index (χ2n) is 29.8. The molecule has 0 bridgehead atoms. The summed E-state index contributed by atoms with van der Waals surface area (Å²) in [4.78, 5) is 73.0. The molecule has 0 aromatic heterocycles. The van der Waals surface area contributed by atoms with Crippen molar-refractivity contribution < 1.29 is 80.2 Å². The number of rotatable bonds is 79. The summed E-state index contributed by atoms with van der Waals surface area (Å²) in [6, 6.07) is 0. The fourth-order valence-corrected chi connectivity index (χ4v) is 13.9. The maximum absolute atomic E-state index is 13.1. The Hall–Kier alpha value is -1.94. The predicted octanol–water partition coefficient (Wildman–Crippen LogP) is 23.9. The van der Waals surface area contributed by atoms with Crippen LogP contribution in [0.4, 0.5) is 0 Å². The van der Waals surface area contributed by atoms with E-state index in [0.717, 1.165) is 102 Å². The van der Waals surface area contributed by atoms with E-state index in [9.17, 15) is 43.2 Å². The van der Waals surface area contributed by atoms with Crippen LogP contribution in [0.15, 0.2) is 0 Å². The molecule has 0 saturated carbocycles. The molecular weight excluding hydrogens is 1290 g/mol. The second-order valence-corrected chi connectivity index (χ2v) is 32.7. The molecule has 0 rings (SSSR count). The molecule has 588 valence electrons. The highest BCUT2D eigenvalue weighted by atomic mass is 31.2. The molecule has 0 aliphatic heterocycles. The Morgan fingerprint density at radius 2 is 0.465 bits per heavy atom. The number of unbranched alkanes of at least 4 members (excludes halogenated alkanes) is 49. The van der Waals surface area contributed by atoms with Gasteiger partial charge in [0.1, 0.15) is 19.3 Å². The Kier molecular flexibility index (Phi) is 70.3. The van der Waals surface area contributed by atoms with E-state index in [1.54, 1.807) is 0 Å². The molecule has 99 heavy (non-hydrogen) atoms. The Balaban J connectivity index is 5.26. The number of carbonyl (C=O) groups excluding carboxylic acids is 4.